The van der Waals surface area contributed by atoms with Crippen LogP contribution in [0.3, 0.4) is 0 Å². The lowest BCUT2D eigenvalue weighted by molar-refractivity contribution is -0.394. The lowest BCUT2D eigenvalue weighted by Gasteiger charge is -2.15. The SMILES string of the molecule is O=[N+]([O-])c1cc([N+](=O)[O-])c(Nc2cccc3c2OC(F)(F)O3)c(C(F)(F)F)c1. The zero-order chi connectivity index (χ0) is 20.9. The maximum Gasteiger partial charge on any atom is 0.586 e. The molecule has 0 spiro atoms. The van der Waals surface area contributed by atoms with E-state index in [1.54, 1.807) is 0 Å². The topological polar surface area (TPSA) is 117 Å². The minimum Gasteiger partial charge on any atom is -0.395 e. The summed E-state index contributed by atoms with van der Waals surface area (Å²) in [6.07, 6.45) is -9.33. The summed E-state index contributed by atoms with van der Waals surface area (Å²) >= 11 is 0. The predicted octanol–water partition coefficient (Wildman–Crippen LogP) is 4.59. The highest BCUT2D eigenvalue weighted by molar-refractivity contribution is 5.80. The fourth-order valence-electron chi connectivity index (χ4n) is 2.42. The second kappa shape index (κ2) is 6.17. The van der Waals surface area contributed by atoms with Crippen molar-refractivity contribution >= 4 is 22.7 Å². The van der Waals surface area contributed by atoms with E-state index in [1.165, 1.54) is 0 Å². The van der Waals surface area contributed by atoms with Crippen LogP contribution in [0.15, 0.2) is 30.3 Å². The second-order valence-electron chi connectivity index (χ2n) is 5.32. The second-order valence-corrected chi connectivity index (χ2v) is 5.32. The number of anilines is 2. The highest BCUT2D eigenvalue weighted by Gasteiger charge is 2.45. The number of hydrogen-bond acceptors (Lipinski definition) is 7. The van der Waals surface area contributed by atoms with Gasteiger partial charge in [-0.3, -0.25) is 20.2 Å². The Morgan fingerprint density at radius 2 is 1.71 bits per heavy atom. The Bertz CT molecular complexity index is 994. The predicted molar refractivity (Wildman–Crippen MR) is 80.7 cm³/mol. The molecule has 3 rings (SSSR count). The summed E-state index contributed by atoms with van der Waals surface area (Å²) < 4.78 is 75.0. The molecule has 0 unspecified atom stereocenters. The van der Waals surface area contributed by atoms with E-state index < -0.39 is 62.1 Å². The van der Waals surface area contributed by atoms with Gasteiger partial charge < -0.3 is 14.8 Å². The van der Waals surface area contributed by atoms with E-state index in [2.05, 4.69) is 9.47 Å². The summed E-state index contributed by atoms with van der Waals surface area (Å²) in [5.74, 6) is -1.21. The van der Waals surface area contributed by atoms with Crippen LogP contribution in [0, 0.1) is 20.2 Å². The third-order valence-electron chi connectivity index (χ3n) is 3.50. The summed E-state index contributed by atoms with van der Waals surface area (Å²) in [6, 6.07) is 3.57. The number of non-ortho nitro benzene ring substituents is 1. The summed E-state index contributed by atoms with van der Waals surface area (Å²) in [5.41, 5.74) is -5.89. The third-order valence-corrected chi connectivity index (χ3v) is 3.50. The number of hydrogen-bond donors (Lipinski definition) is 1. The van der Waals surface area contributed by atoms with Gasteiger partial charge in [0.2, 0.25) is 0 Å². The minimum absolute atomic E-state index is 0.0878. The molecule has 2 aromatic rings. The first-order valence-corrected chi connectivity index (χ1v) is 7.09. The van der Waals surface area contributed by atoms with Gasteiger partial charge in [0.1, 0.15) is 5.69 Å². The van der Waals surface area contributed by atoms with Crippen molar-refractivity contribution in [2.75, 3.05) is 5.32 Å². The van der Waals surface area contributed by atoms with Crippen LogP contribution in [0.4, 0.5) is 44.7 Å². The lowest BCUT2D eigenvalue weighted by Crippen LogP contribution is -2.26. The Morgan fingerprint density at radius 1 is 1.04 bits per heavy atom. The average Bonchev–Trinajstić information content (AvgIpc) is 2.88. The van der Waals surface area contributed by atoms with Gasteiger partial charge in [-0.05, 0) is 12.1 Å². The Hall–Kier alpha value is -3.71. The van der Waals surface area contributed by atoms with Crippen LogP contribution in [0.1, 0.15) is 5.56 Å². The molecule has 1 aliphatic rings. The molecule has 1 heterocycles. The number of nitro benzene ring substituents is 2. The van der Waals surface area contributed by atoms with Crippen molar-refractivity contribution in [1.29, 1.82) is 0 Å². The number of ether oxygens (including phenoxy) is 2. The van der Waals surface area contributed by atoms with Crippen LogP contribution in [-0.4, -0.2) is 16.1 Å². The quantitative estimate of drug-likeness (QED) is 0.448. The monoisotopic (exact) mass is 407 g/mol. The van der Waals surface area contributed by atoms with Crippen LogP contribution >= 0.6 is 0 Å². The molecule has 0 amide bonds. The first-order valence-electron chi connectivity index (χ1n) is 7.09. The van der Waals surface area contributed by atoms with E-state index in [9.17, 15) is 42.2 Å². The van der Waals surface area contributed by atoms with Crippen molar-refractivity contribution in [3.05, 3.63) is 56.1 Å². The van der Waals surface area contributed by atoms with Gasteiger partial charge in [-0.1, -0.05) is 6.07 Å². The van der Waals surface area contributed by atoms with Crippen molar-refractivity contribution < 1.29 is 41.3 Å². The molecule has 28 heavy (non-hydrogen) atoms. The molecular formula is C14H6F5N3O6. The number of nitrogens with one attached hydrogen (secondary N) is 1. The number of fused-ring (bicyclic) bond motifs is 1. The van der Waals surface area contributed by atoms with Gasteiger partial charge in [-0.25, -0.2) is 0 Å². The van der Waals surface area contributed by atoms with Crippen molar-refractivity contribution in [3.8, 4) is 11.5 Å². The molecule has 0 aromatic heterocycles. The Kier molecular flexibility index (Phi) is 4.20. The molecule has 0 radical (unpaired) electrons. The molecule has 0 bridgehead atoms. The summed E-state index contributed by atoms with van der Waals surface area (Å²) in [5, 5.41) is 24.0. The van der Waals surface area contributed by atoms with Gasteiger partial charge in [0.25, 0.3) is 11.4 Å². The molecule has 1 N–H and O–H groups in total. The molecule has 0 saturated carbocycles. The van der Waals surface area contributed by atoms with Gasteiger partial charge >= 0.3 is 12.5 Å². The number of nitro groups is 2. The molecule has 0 saturated heterocycles. The van der Waals surface area contributed by atoms with Crippen LogP contribution in [-0.2, 0) is 6.18 Å². The zero-order valence-electron chi connectivity index (χ0n) is 13.1. The van der Waals surface area contributed by atoms with Crippen molar-refractivity contribution in [1.82, 2.24) is 0 Å². The Balaban J connectivity index is 2.19. The third kappa shape index (κ3) is 3.43. The van der Waals surface area contributed by atoms with Crippen molar-refractivity contribution in [2.24, 2.45) is 0 Å². The molecular weight excluding hydrogens is 401 g/mol. The largest absolute Gasteiger partial charge is 0.586 e. The summed E-state index contributed by atoms with van der Waals surface area (Å²) in [7, 11) is 0. The van der Waals surface area contributed by atoms with E-state index in [-0.39, 0.29) is 6.07 Å². The van der Waals surface area contributed by atoms with Gasteiger partial charge in [0, 0.05) is 6.07 Å². The van der Waals surface area contributed by atoms with Crippen LogP contribution in [0.2, 0.25) is 0 Å². The van der Waals surface area contributed by atoms with E-state index in [0.29, 0.717) is 6.07 Å². The van der Waals surface area contributed by atoms with E-state index >= 15 is 0 Å². The maximum atomic E-state index is 13.4. The molecule has 0 aliphatic carbocycles. The standard InChI is InChI=1S/C14H6F5N3O6/c15-13(16,17)7-4-6(21(23)24)5-9(22(25)26)11(7)20-8-2-1-3-10-12(8)28-14(18,19)27-10/h1-5,20H. The van der Waals surface area contributed by atoms with Crippen LogP contribution in [0.5, 0.6) is 11.5 Å². The Morgan fingerprint density at radius 3 is 2.29 bits per heavy atom. The molecule has 0 fully saturated rings. The molecule has 9 nitrogen and oxygen atoms in total. The average molecular weight is 407 g/mol. The fraction of sp³-hybridized carbons (Fsp3) is 0.143. The number of benzene rings is 2. The first kappa shape index (κ1) is 19.1. The van der Waals surface area contributed by atoms with Crippen LogP contribution in [0.25, 0.3) is 0 Å². The van der Waals surface area contributed by atoms with Gasteiger partial charge in [-0.2, -0.15) is 13.2 Å². The van der Waals surface area contributed by atoms with Gasteiger partial charge in [0.05, 0.1) is 27.2 Å². The highest BCUT2D eigenvalue weighted by atomic mass is 19.4. The highest BCUT2D eigenvalue weighted by Crippen LogP contribution is 2.49. The summed E-state index contributed by atoms with van der Waals surface area (Å²) in [6.45, 7) is 0. The smallest absolute Gasteiger partial charge is 0.395 e. The maximum absolute atomic E-state index is 13.4. The van der Waals surface area contributed by atoms with Gasteiger partial charge in [0.15, 0.2) is 11.5 Å². The number of rotatable bonds is 4. The zero-order valence-corrected chi connectivity index (χ0v) is 13.1. The van der Waals surface area contributed by atoms with E-state index in [0.717, 1.165) is 18.2 Å². The van der Waals surface area contributed by atoms with Crippen molar-refractivity contribution in [3.63, 3.8) is 0 Å². The number of alkyl halides is 5. The van der Waals surface area contributed by atoms with Crippen LogP contribution < -0.4 is 14.8 Å². The first-order chi connectivity index (χ1) is 12.9. The minimum atomic E-state index is -5.24. The molecule has 0 atom stereocenters. The molecule has 1 aliphatic heterocycles. The van der Waals surface area contributed by atoms with Gasteiger partial charge in [-0.15, -0.1) is 8.78 Å². The molecule has 2 aromatic carbocycles. The van der Waals surface area contributed by atoms with Crippen molar-refractivity contribution in [2.45, 2.75) is 12.5 Å². The fourth-order valence-corrected chi connectivity index (χ4v) is 2.42. The normalized spacial score (nSPS) is 14.6. The number of nitrogens with zero attached hydrogens (tertiary/aromatic N) is 2. The molecule has 148 valence electrons. The molecule has 14 heteroatoms. The summed E-state index contributed by atoms with van der Waals surface area (Å²) in [4.78, 5) is 19.5. The number of para-hydroxylation sites is 1. The Labute approximate surface area is 150 Å². The van der Waals surface area contributed by atoms with E-state index in [1.807, 2.05) is 5.32 Å². The van der Waals surface area contributed by atoms with E-state index in [4.69, 9.17) is 0 Å². The lowest BCUT2D eigenvalue weighted by atomic mass is 10.1. The number of halogens is 5.